The molecule has 0 bridgehead atoms. The molecule has 0 aliphatic carbocycles. The molecule has 6 heteroatoms. The maximum atomic E-state index is 12.1. The highest BCUT2D eigenvalue weighted by molar-refractivity contribution is 8.00. The highest BCUT2D eigenvalue weighted by Crippen LogP contribution is 2.40. The van der Waals surface area contributed by atoms with Crippen molar-refractivity contribution in [3.8, 4) is 0 Å². The Balaban J connectivity index is 2.96. The molecule has 1 rings (SSSR count). The summed E-state index contributed by atoms with van der Waals surface area (Å²) >= 11 is -0.148. The molecule has 0 saturated carbocycles. The average molecular weight is 222 g/mol. The van der Waals surface area contributed by atoms with E-state index in [4.69, 9.17) is 0 Å². The van der Waals surface area contributed by atoms with Crippen molar-refractivity contribution >= 4 is 17.6 Å². The van der Waals surface area contributed by atoms with E-state index in [1.807, 2.05) is 0 Å². The molecule has 0 saturated heterocycles. The van der Waals surface area contributed by atoms with Gasteiger partial charge in [0.25, 0.3) is 0 Å². The Morgan fingerprint density at radius 3 is 2.50 bits per heavy atom. The van der Waals surface area contributed by atoms with E-state index >= 15 is 0 Å². The van der Waals surface area contributed by atoms with Gasteiger partial charge >= 0.3 is 5.51 Å². The van der Waals surface area contributed by atoms with E-state index in [0.717, 1.165) is 0 Å². The van der Waals surface area contributed by atoms with Gasteiger partial charge in [-0.2, -0.15) is 13.2 Å². The minimum Gasteiger partial charge on any atom is -0.362 e. The van der Waals surface area contributed by atoms with E-state index in [0.29, 0.717) is 5.82 Å². The Labute approximate surface area is 84.1 Å². The molecular weight excluding hydrogens is 213 g/mol. The molecule has 1 aromatic heterocycles. The van der Waals surface area contributed by atoms with Gasteiger partial charge in [0.2, 0.25) is 0 Å². The van der Waals surface area contributed by atoms with Crippen LogP contribution in [0.1, 0.15) is 0 Å². The Bertz CT molecular complexity index is 312. The van der Waals surface area contributed by atoms with Crippen LogP contribution in [0.3, 0.4) is 0 Å². The number of nitrogens with zero attached hydrogens (tertiary/aromatic N) is 2. The number of hydrogen-bond donors (Lipinski definition) is 0. The summed E-state index contributed by atoms with van der Waals surface area (Å²) in [5.74, 6) is 0.329. The van der Waals surface area contributed by atoms with E-state index in [9.17, 15) is 13.2 Å². The van der Waals surface area contributed by atoms with Crippen molar-refractivity contribution in [1.29, 1.82) is 0 Å². The minimum absolute atomic E-state index is 0.116. The summed E-state index contributed by atoms with van der Waals surface area (Å²) in [6.07, 6.45) is 1.47. The third kappa shape index (κ3) is 3.10. The Morgan fingerprint density at radius 1 is 1.36 bits per heavy atom. The van der Waals surface area contributed by atoms with Gasteiger partial charge in [-0.1, -0.05) is 0 Å². The SMILES string of the molecule is CN(C)c1ncccc1SC(F)(F)F. The molecule has 2 nitrogen and oxygen atoms in total. The van der Waals surface area contributed by atoms with Gasteiger partial charge in [-0.25, -0.2) is 4.98 Å². The average Bonchev–Trinajstić information content (AvgIpc) is 2.01. The number of aromatic nitrogens is 1. The number of pyridine rings is 1. The number of thioether (sulfide) groups is 1. The van der Waals surface area contributed by atoms with Crippen LogP contribution in [0.15, 0.2) is 23.2 Å². The number of alkyl halides is 3. The first-order valence-electron chi connectivity index (χ1n) is 3.78. The fourth-order valence-corrected chi connectivity index (χ4v) is 1.64. The first-order chi connectivity index (χ1) is 6.40. The second-order valence-electron chi connectivity index (χ2n) is 2.77. The first kappa shape index (κ1) is 11.2. The van der Waals surface area contributed by atoms with Gasteiger partial charge in [0.1, 0.15) is 5.82 Å². The number of anilines is 1. The third-order valence-corrected chi connectivity index (χ3v) is 2.17. The van der Waals surface area contributed by atoms with Gasteiger partial charge < -0.3 is 4.90 Å². The zero-order valence-electron chi connectivity index (χ0n) is 7.67. The maximum absolute atomic E-state index is 12.1. The Morgan fingerprint density at radius 2 is 2.00 bits per heavy atom. The van der Waals surface area contributed by atoms with Crippen molar-refractivity contribution in [2.45, 2.75) is 10.4 Å². The van der Waals surface area contributed by atoms with Crippen LogP contribution in [-0.4, -0.2) is 24.6 Å². The topological polar surface area (TPSA) is 16.1 Å². The number of rotatable bonds is 2. The fourth-order valence-electron chi connectivity index (χ4n) is 0.922. The van der Waals surface area contributed by atoms with E-state index in [1.54, 1.807) is 19.0 Å². The summed E-state index contributed by atoms with van der Waals surface area (Å²) in [6, 6.07) is 2.89. The van der Waals surface area contributed by atoms with Gasteiger partial charge in [0.05, 0.1) is 4.90 Å². The quantitative estimate of drug-likeness (QED) is 0.716. The second-order valence-corrected chi connectivity index (χ2v) is 3.87. The van der Waals surface area contributed by atoms with Crippen molar-refractivity contribution in [3.05, 3.63) is 18.3 Å². The fraction of sp³-hybridized carbons (Fsp3) is 0.375. The summed E-state index contributed by atoms with van der Waals surface area (Å²) in [6.45, 7) is 0. The molecule has 0 spiro atoms. The molecule has 0 amide bonds. The molecule has 14 heavy (non-hydrogen) atoms. The Kier molecular flexibility index (Phi) is 3.25. The van der Waals surface area contributed by atoms with E-state index in [1.165, 1.54) is 18.3 Å². The molecule has 1 heterocycles. The molecule has 0 aromatic carbocycles. The van der Waals surface area contributed by atoms with Crippen LogP contribution in [-0.2, 0) is 0 Å². The van der Waals surface area contributed by atoms with Gasteiger partial charge in [0, 0.05) is 20.3 Å². The van der Waals surface area contributed by atoms with Gasteiger partial charge in [0.15, 0.2) is 0 Å². The predicted molar refractivity (Wildman–Crippen MR) is 50.5 cm³/mol. The third-order valence-electron chi connectivity index (χ3n) is 1.40. The zero-order valence-corrected chi connectivity index (χ0v) is 8.49. The van der Waals surface area contributed by atoms with E-state index in [-0.39, 0.29) is 16.7 Å². The van der Waals surface area contributed by atoms with Crippen molar-refractivity contribution in [2.75, 3.05) is 19.0 Å². The summed E-state index contributed by atoms with van der Waals surface area (Å²) in [5, 5.41) is 0. The molecule has 1 aromatic rings. The molecule has 0 aliphatic heterocycles. The van der Waals surface area contributed by atoms with Crippen molar-refractivity contribution in [3.63, 3.8) is 0 Å². The van der Waals surface area contributed by atoms with Gasteiger partial charge in [-0.15, -0.1) is 0 Å². The standard InChI is InChI=1S/C8H9F3N2S/c1-13(2)7-6(4-3-5-12-7)14-8(9,10)11/h3-5H,1-2H3. The lowest BCUT2D eigenvalue weighted by molar-refractivity contribution is -0.0328. The van der Waals surface area contributed by atoms with Crippen LogP contribution in [0.4, 0.5) is 19.0 Å². The summed E-state index contributed by atoms with van der Waals surface area (Å²) in [5.41, 5.74) is -4.27. The molecule has 0 atom stereocenters. The lowest BCUT2D eigenvalue weighted by Gasteiger charge is -2.15. The van der Waals surface area contributed by atoms with Crippen molar-refractivity contribution in [1.82, 2.24) is 4.98 Å². The monoisotopic (exact) mass is 222 g/mol. The lowest BCUT2D eigenvalue weighted by atomic mass is 10.4. The normalized spacial score (nSPS) is 11.5. The van der Waals surface area contributed by atoms with Crippen LogP contribution in [0.25, 0.3) is 0 Å². The zero-order chi connectivity index (χ0) is 10.8. The molecule has 0 fully saturated rings. The molecule has 0 aliphatic rings. The smallest absolute Gasteiger partial charge is 0.362 e. The maximum Gasteiger partial charge on any atom is 0.446 e. The number of hydrogen-bond acceptors (Lipinski definition) is 3. The lowest BCUT2D eigenvalue weighted by Crippen LogP contribution is -2.12. The largest absolute Gasteiger partial charge is 0.446 e. The number of halogens is 3. The first-order valence-corrected chi connectivity index (χ1v) is 4.60. The second kappa shape index (κ2) is 4.08. The highest BCUT2D eigenvalue weighted by atomic mass is 32.2. The van der Waals surface area contributed by atoms with E-state index in [2.05, 4.69) is 4.98 Å². The molecule has 78 valence electrons. The minimum atomic E-state index is -4.27. The van der Waals surface area contributed by atoms with Crippen LogP contribution < -0.4 is 4.90 Å². The van der Waals surface area contributed by atoms with E-state index < -0.39 is 5.51 Å². The van der Waals surface area contributed by atoms with Gasteiger partial charge in [-0.05, 0) is 23.9 Å². The summed E-state index contributed by atoms with van der Waals surface area (Å²) in [7, 11) is 3.31. The van der Waals surface area contributed by atoms with Crippen LogP contribution in [0.5, 0.6) is 0 Å². The summed E-state index contributed by atoms with van der Waals surface area (Å²) in [4.78, 5) is 5.53. The van der Waals surface area contributed by atoms with Crippen molar-refractivity contribution < 1.29 is 13.2 Å². The van der Waals surface area contributed by atoms with Crippen LogP contribution in [0.2, 0.25) is 0 Å². The molecule has 0 unspecified atom stereocenters. The van der Waals surface area contributed by atoms with Crippen molar-refractivity contribution in [2.24, 2.45) is 0 Å². The van der Waals surface area contributed by atoms with Crippen LogP contribution >= 0.6 is 11.8 Å². The Hall–Kier alpha value is -0.910. The highest BCUT2D eigenvalue weighted by Gasteiger charge is 2.30. The van der Waals surface area contributed by atoms with Gasteiger partial charge in [-0.3, -0.25) is 0 Å². The molecule has 0 N–H and O–H groups in total. The summed E-state index contributed by atoms with van der Waals surface area (Å²) < 4.78 is 36.3. The molecule has 0 radical (unpaired) electrons. The molecular formula is C8H9F3N2S. The van der Waals surface area contributed by atoms with Crippen LogP contribution in [0, 0.1) is 0 Å². The predicted octanol–water partition coefficient (Wildman–Crippen LogP) is 2.76.